The molecule has 1 heterocycles. The molecule has 1 aromatic heterocycles. The van der Waals surface area contributed by atoms with E-state index in [1.165, 1.54) is 12.3 Å². The van der Waals surface area contributed by atoms with Gasteiger partial charge in [-0.1, -0.05) is 23.2 Å². The van der Waals surface area contributed by atoms with Crippen LogP contribution in [0.4, 0.5) is 0 Å². The van der Waals surface area contributed by atoms with Crippen molar-refractivity contribution in [3.63, 3.8) is 0 Å². The number of pyridine rings is 1. The third-order valence-electron chi connectivity index (χ3n) is 0.787. The number of halogens is 3. The summed E-state index contributed by atoms with van der Waals surface area (Å²) in [5, 5.41) is 9.26. The molecular formula is C5H4Cl3NO. The first-order valence-electron chi connectivity index (χ1n) is 2.20. The van der Waals surface area contributed by atoms with E-state index in [2.05, 4.69) is 4.98 Å². The maximum absolute atomic E-state index is 8.82. The molecule has 0 fully saturated rings. The van der Waals surface area contributed by atoms with E-state index >= 15 is 0 Å². The van der Waals surface area contributed by atoms with Gasteiger partial charge in [0.2, 0.25) is 0 Å². The Morgan fingerprint density at radius 3 is 2.40 bits per heavy atom. The molecule has 2 nitrogen and oxygen atoms in total. The average molecular weight is 200 g/mol. The minimum absolute atomic E-state index is 0. The first-order valence-corrected chi connectivity index (χ1v) is 2.96. The predicted molar refractivity (Wildman–Crippen MR) is 43.2 cm³/mol. The van der Waals surface area contributed by atoms with Crippen LogP contribution in [0, 0.1) is 0 Å². The molecule has 5 heteroatoms. The second kappa shape index (κ2) is 3.86. The van der Waals surface area contributed by atoms with Gasteiger partial charge in [0.25, 0.3) is 0 Å². The fourth-order valence-corrected chi connectivity index (χ4v) is 0.667. The van der Waals surface area contributed by atoms with Crippen molar-refractivity contribution < 1.29 is 5.11 Å². The van der Waals surface area contributed by atoms with E-state index in [-0.39, 0.29) is 23.3 Å². The lowest BCUT2D eigenvalue weighted by atomic mass is 10.5. The van der Waals surface area contributed by atoms with Gasteiger partial charge in [0, 0.05) is 12.3 Å². The van der Waals surface area contributed by atoms with Crippen LogP contribution >= 0.6 is 35.6 Å². The minimum Gasteiger partial charge on any atom is -0.505 e. The lowest BCUT2D eigenvalue weighted by Gasteiger charge is -1.92. The standard InChI is InChI=1S/C5H3Cl2NO.ClH/c6-3-1-4(9)5(7)8-2-3;/h1-2,9H;1H. The molecule has 1 aromatic rings. The molecule has 0 bridgehead atoms. The Hall–Kier alpha value is -0.180. The topological polar surface area (TPSA) is 33.1 Å². The van der Waals surface area contributed by atoms with Crippen molar-refractivity contribution in [3.8, 4) is 5.75 Å². The highest BCUT2D eigenvalue weighted by atomic mass is 35.5. The fourth-order valence-electron chi connectivity index (χ4n) is 0.412. The Labute approximate surface area is 74.2 Å². The molecule has 0 amide bonds. The summed E-state index contributed by atoms with van der Waals surface area (Å²) >= 11 is 10.8. The molecule has 0 atom stereocenters. The van der Waals surface area contributed by atoms with Gasteiger partial charge >= 0.3 is 0 Å². The van der Waals surface area contributed by atoms with Gasteiger partial charge in [-0.3, -0.25) is 0 Å². The number of aromatic hydroxyl groups is 1. The second-order valence-electron chi connectivity index (χ2n) is 1.46. The average Bonchev–Trinajstić information content (AvgIpc) is 1.80. The summed E-state index contributed by atoms with van der Waals surface area (Å²) < 4.78 is 0. The minimum atomic E-state index is -0.0934. The molecule has 0 saturated heterocycles. The van der Waals surface area contributed by atoms with Crippen LogP contribution in [-0.2, 0) is 0 Å². The summed E-state index contributed by atoms with van der Waals surface area (Å²) in [6.07, 6.45) is 1.36. The van der Waals surface area contributed by atoms with Crippen LogP contribution in [0.5, 0.6) is 5.75 Å². The van der Waals surface area contributed by atoms with Crippen LogP contribution in [0.1, 0.15) is 0 Å². The van der Waals surface area contributed by atoms with Crippen molar-refractivity contribution in [1.82, 2.24) is 4.98 Å². The van der Waals surface area contributed by atoms with E-state index in [9.17, 15) is 0 Å². The van der Waals surface area contributed by atoms with Gasteiger partial charge in [-0.15, -0.1) is 12.4 Å². The van der Waals surface area contributed by atoms with E-state index in [4.69, 9.17) is 28.3 Å². The quantitative estimate of drug-likeness (QED) is 0.653. The zero-order valence-corrected chi connectivity index (χ0v) is 7.04. The molecule has 0 aliphatic rings. The van der Waals surface area contributed by atoms with Gasteiger partial charge in [-0.2, -0.15) is 0 Å². The molecule has 0 aromatic carbocycles. The zero-order valence-electron chi connectivity index (χ0n) is 4.71. The van der Waals surface area contributed by atoms with E-state index in [0.717, 1.165) is 0 Å². The Morgan fingerprint density at radius 1 is 1.40 bits per heavy atom. The van der Waals surface area contributed by atoms with Crippen molar-refractivity contribution in [2.75, 3.05) is 0 Å². The molecule has 10 heavy (non-hydrogen) atoms. The van der Waals surface area contributed by atoms with Crippen LogP contribution in [0.2, 0.25) is 10.2 Å². The Kier molecular flexibility index (Phi) is 3.79. The molecule has 0 aliphatic heterocycles. The van der Waals surface area contributed by atoms with Gasteiger partial charge < -0.3 is 5.11 Å². The molecule has 0 saturated carbocycles. The molecular weight excluding hydrogens is 196 g/mol. The monoisotopic (exact) mass is 199 g/mol. The summed E-state index contributed by atoms with van der Waals surface area (Å²) in [4.78, 5) is 3.56. The van der Waals surface area contributed by atoms with Crippen LogP contribution in [0.15, 0.2) is 12.3 Å². The molecule has 1 rings (SSSR count). The van der Waals surface area contributed by atoms with Gasteiger partial charge in [0.1, 0.15) is 0 Å². The first kappa shape index (κ1) is 9.82. The zero-order chi connectivity index (χ0) is 6.85. The van der Waals surface area contributed by atoms with Gasteiger partial charge in [-0.05, 0) is 0 Å². The lowest BCUT2D eigenvalue weighted by Crippen LogP contribution is -1.73. The van der Waals surface area contributed by atoms with E-state index in [1.54, 1.807) is 0 Å². The molecule has 1 N–H and O–H groups in total. The summed E-state index contributed by atoms with van der Waals surface area (Å²) in [6.45, 7) is 0. The Bertz CT molecular complexity index is 228. The van der Waals surface area contributed by atoms with Crippen LogP contribution in [0.3, 0.4) is 0 Å². The van der Waals surface area contributed by atoms with Crippen LogP contribution < -0.4 is 0 Å². The van der Waals surface area contributed by atoms with Crippen molar-refractivity contribution in [2.24, 2.45) is 0 Å². The Balaban J connectivity index is 0.000000810. The summed E-state index contributed by atoms with van der Waals surface area (Å²) in [6, 6.07) is 1.33. The summed E-state index contributed by atoms with van der Waals surface area (Å²) in [5.74, 6) is -0.0934. The van der Waals surface area contributed by atoms with Crippen molar-refractivity contribution in [1.29, 1.82) is 0 Å². The van der Waals surface area contributed by atoms with Gasteiger partial charge in [-0.25, -0.2) is 4.98 Å². The third-order valence-corrected chi connectivity index (χ3v) is 1.29. The summed E-state index contributed by atoms with van der Waals surface area (Å²) in [5.41, 5.74) is 0. The molecule has 0 radical (unpaired) electrons. The van der Waals surface area contributed by atoms with E-state index in [0.29, 0.717) is 5.02 Å². The van der Waals surface area contributed by atoms with Gasteiger partial charge in [0.15, 0.2) is 10.9 Å². The highest BCUT2D eigenvalue weighted by Crippen LogP contribution is 2.22. The SMILES string of the molecule is Cl.Oc1cc(Cl)cnc1Cl. The van der Waals surface area contributed by atoms with Crippen LogP contribution in [0.25, 0.3) is 0 Å². The Morgan fingerprint density at radius 2 is 2.00 bits per heavy atom. The maximum atomic E-state index is 8.82. The molecule has 56 valence electrons. The third kappa shape index (κ3) is 2.21. The first-order chi connectivity index (χ1) is 4.20. The molecule has 0 unspecified atom stereocenters. The fraction of sp³-hybridized carbons (Fsp3) is 0. The smallest absolute Gasteiger partial charge is 0.170 e. The second-order valence-corrected chi connectivity index (χ2v) is 2.26. The summed E-state index contributed by atoms with van der Waals surface area (Å²) in [7, 11) is 0. The van der Waals surface area contributed by atoms with Crippen molar-refractivity contribution in [2.45, 2.75) is 0 Å². The van der Waals surface area contributed by atoms with Crippen molar-refractivity contribution >= 4 is 35.6 Å². The van der Waals surface area contributed by atoms with E-state index in [1.807, 2.05) is 0 Å². The number of rotatable bonds is 0. The maximum Gasteiger partial charge on any atom is 0.170 e. The normalized spacial score (nSPS) is 8.60. The highest BCUT2D eigenvalue weighted by Gasteiger charge is 1.97. The molecule has 0 aliphatic carbocycles. The largest absolute Gasteiger partial charge is 0.505 e. The highest BCUT2D eigenvalue weighted by molar-refractivity contribution is 6.33. The van der Waals surface area contributed by atoms with Gasteiger partial charge in [0.05, 0.1) is 5.02 Å². The predicted octanol–water partition coefficient (Wildman–Crippen LogP) is 2.52. The van der Waals surface area contributed by atoms with Crippen molar-refractivity contribution in [3.05, 3.63) is 22.4 Å². The molecule has 0 spiro atoms. The lowest BCUT2D eigenvalue weighted by molar-refractivity contribution is 0.473. The number of aromatic nitrogens is 1. The number of nitrogens with zero attached hydrogens (tertiary/aromatic N) is 1. The number of hydrogen-bond acceptors (Lipinski definition) is 2. The number of hydrogen-bond donors (Lipinski definition) is 1. The van der Waals surface area contributed by atoms with E-state index < -0.39 is 0 Å². The van der Waals surface area contributed by atoms with Crippen LogP contribution in [-0.4, -0.2) is 10.1 Å².